The van der Waals surface area contributed by atoms with Gasteiger partial charge >= 0.3 is 0 Å². The molecular weight excluding hydrogens is 284 g/mol. The Morgan fingerprint density at radius 3 is 3.12 bits per heavy atom. The van der Waals surface area contributed by atoms with E-state index in [4.69, 9.17) is 4.74 Å². The molecule has 0 spiro atoms. The van der Waals surface area contributed by atoms with E-state index < -0.39 is 0 Å². The third-order valence-electron chi connectivity index (χ3n) is 3.43. The topological polar surface area (TPSA) is 41.6 Å². The molecule has 0 aromatic heterocycles. The van der Waals surface area contributed by atoms with E-state index in [-0.39, 0.29) is 18.1 Å². The fourth-order valence-corrected chi connectivity index (χ4v) is 2.90. The van der Waals surface area contributed by atoms with Gasteiger partial charge in [-0.2, -0.15) is 0 Å². The number of ether oxygens (including phenoxy) is 1. The van der Waals surface area contributed by atoms with Crippen molar-refractivity contribution in [3.05, 3.63) is 22.7 Å². The van der Waals surface area contributed by atoms with E-state index in [1.807, 2.05) is 18.2 Å². The highest BCUT2D eigenvalue weighted by Gasteiger charge is 2.41. The van der Waals surface area contributed by atoms with Crippen LogP contribution in [-0.4, -0.2) is 31.7 Å². The SMILES string of the molecule is COC1CC2C(=O)Nc3ccc(Br)cc3N2C1. The summed E-state index contributed by atoms with van der Waals surface area (Å²) < 4.78 is 6.38. The number of hydrogen-bond acceptors (Lipinski definition) is 3. The average molecular weight is 297 g/mol. The van der Waals surface area contributed by atoms with Crippen LogP contribution in [0, 0.1) is 0 Å². The number of nitrogens with zero attached hydrogens (tertiary/aromatic N) is 1. The zero-order valence-corrected chi connectivity index (χ0v) is 11.0. The summed E-state index contributed by atoms with van der Waals surface area (Å²) in [5.74, 6) is 0.0689. The Morgan fingerprint density at radius 1 is 1.53 bits per heavy atom. The van der Waals surface area contributed by atoms with Crippen molar-refractivity contribution in [3.8, 4) is 0 Å². The van der Waals surface area contributed by atoms with Gasteiger partial charge in [0.15, 0.2) is 0 Å². The van der Waals surface area contributed by atoms with E-state index in [0.717, 1.165) is 28.8 Å². The molecule has 2 atom stereocenters. The third kappa shape index (κ3) is 1.73. The first-order valence-electron chi connectivity index (χ1n) is 5.59. The standard InChI is InChI=1S/C12H13BrN2O2/c1-17-8-5-11-12(16)14-9-3-2-7(13)4-10(9)15(11)6-8/h2-4,8,11H,5-6H2,1H3,(H,14,16). The van der Waals surface area contributed by atoms with Crippen molar-refractivity contribution in [2.75, 3.05) is 23.9 Å². The molecule has 0 radical (unpaired) electrons. The lowest BCUT2D eigenvalue weighted by atomic mass is 10.1. The van der Waals surface area contributed by atoms with Crippen LogP contribution in [0.4, 0.5) is 11.4 Å². The lowest BCUT2D eigenvalue weighted by molar-refractivity contribution is -0.117. The van der Waals surface area contributed by atoms with Crippen LogP contribution < -0.4 is 10.2 Å². The average Bonchev–Trinajstić information content (AvgIpc) is 2.75. The summed E-state index contributed by atoms with van der Waals surface area (Å²) in [5, 5.41) is 2.95. The van der Waals surface area contributed by atoms with Gasteiger partial charge in [0.2, 0.25) is 5.91 Å². The zero-order chi connectivity index (χ0) is 12.0. The minimum atomic E-state index is -0.0956. The molecule has 2 unspecified atom stereocenters. The van der Waals surface area contributed by atoms with Crippen molar-refractivity contribution < 1.29 is 9.53 Å². The monoisotopic (exact) mass is 296 g/mol. The lowest BCUT2D eigenvalue weighted by Gasteiger charge is -2.32. The molecule has 5 heteroatoms. The normalized spacial score (nSPS) is 26.5. The van der Waals surface area contributed by atoms with Gasteiger partial charge in [-0.3, -0.25) is 4.79 Å². The van der Waals surface area contributed by atoms with E-state index >= 15 is 0 Å². The molecule has 0 bridgehead atoms. The van der Waals surface area contributed by atoms with Gasteiger partial charge in [0.25, 0.3) is 0 Å². The fraction of sp³-hybridized carbons (Fsp3) is 0.417. The molecule has 3 rings (SSSR count). The number of fused-ring (bicyclic) bond motifs is 3. The maximum Gasteiger partial charge on any atom is 0.247 e. The molecule has 2 aliphatic heterocycles. The van der Waals surface area contributed by atoms with Gasteiger partial charge < -0.3 is 15.0 Å². The number of methoxy groups -OCH3 is 1. The van der Waals surface area contributed by atoms with Gasteiger partial charge in [0.1, 0.15) is 6.04 Å². The van der Waals surface area contributed by atoms with E-state index in [1.54, 1.807) is 7.11 Å². The van der Waals surface area contributed by atoms with Crippen LogP contribution in [0.1, 0.15) is 6.42 Å². The summed E-state index contributed by atoms with van der Waals surface area (Å²) in [4.78, 5) is 14.1. The highest BCUT2D eigenvalue weighted by atomic mass is 79.9. The van der Waals surface area contributed by atoms with Crippen LogP contribution in [0.25, 0.3) is 0 Å². The highest BCUT2D eigenvalue weighted by molar-refractivity contribution is 9.10. The Kier molecular flexibility index (Phi) is 2.60. The summed E-state index contributed by atoms with van der Waals surface area (Å²) in [7, 11) is 1.70. The predicted molar refractivity (Wildman–Crippen MR) is 69.3 cm³/mol. The molecule has 1 N–H and O–H groups in total. The third-order valence-corrected chi connectivity index (χ3v) is 3.92. The van der Waals surface area contributed by atoms with Gasteiger partial charge in [0.05, 0.1) is 17.5 Å². The Labute approximate surface area is 108 Å². The summed E-state index contributed by atoms with van der Waals surface area (Å²) in [5.41, 5.74) is 1.95. The van der Waals surface area contributed by atoms with Crippen LogP contribution in [0.5, 0.6) is 0 Å². The molecule has 2 aliphatic rings. The van der Waals surface area contributed by atoms with E-state index in [0.29, 0.717) is 0 Å². The number of nitrogens with one attached hydrogen (secondary N) is 1. The van der Waals surface area contributed by atoms with Gasteiger partial charge in [0, 0.05) is 24.5 Å². The Hall–Kier alpha value is -1.07. The van der Waals surface area contributed by atoms with Gasteiger partial charge in [-0.05, 0) is 18.2 Å². The quantitative estimate of drug-likeness (QED) is 0.862. The smallest absolute Gasteiger partial charge is 0.247 e. The summed E-state index contributed by atoms with van der Waals surface area (Å²) >= 11 is 3.46. The van der Waals surface area contributed by atoms with Crippen molar-refractivity contribution in [3.63, 3.8) is 0 Å². The molecule has 4 nitrogen and oxygen atoms in total. The fourth-order valence-electron chi connectivity index (χ4n) is 2.55. The number of hydrogen-bond donors (Lipinski definition) is 1. The second kappa shape index (κ2) is 3.99. The van der Waals surface area contributed by atoms with Crippen LogP contribution >= 0.6 is 15.9 Å². The summed E-state index contributed by atoms with van der Waals surface area (Å²) in [6.45, 7) is 0.776. The largest absolute Gasteiger partial charge is 0.380 e. The van der Waals surface area contributed by atoms with Crippen molar-refractivity contribution in [1.82, 2.24) is 0 Å². The molecule has 2 heterocycles. The molecule has 1 aromatic carbocycles. The number of carbonyl (C=O) groups excluding carboxylic acids is 1. The predicted octanol–water partition coefficient (Wildman–Crippen LogP) is 1.99. The lowest BCUT2D eigenvalue weighted by Crippen LogP contribution is -2.43. The number of rotatable bonds is 1. The second-order valence-corrected chi connectivity index (χ2v) is 5.33. The molecule has 1 saturated heterocycles. The van der Waals surface area contributed by atoms with Crippen LogP contribution in [0.3, 0.4) is 0 Å². The first-order chi connectivity index (χ1) is 8.19. The van der Waals surface area contributed by atoms with E-state index in [2.05, 4.69) is 26.1 Å². The van der Waals surface area contributed by atoms with Crippen molar-refractivity contribution in [1.29, 1.82) is 0 Å². The minimum absolute atomic E-state index is 0.0689. The summed E-state index contributed by atoms with van der Waals surface area (Å²) in [6.07, 6.45) is 0.893. The maximum absolute atomic E-state index is 12.0. The van der Waals surface area contributed by atoms with Crippen molar-refractivity contribution in [2.24, 2.45) is 0 Å². The van der Waals surface area contributed by atoms with Crippen LogP contribution in [-0.2, 0) is 9.53 Å². The zero-order valence-electron chi connectivity index (χ0n) is 9.44. The highest BCUT2D eigenvalue weighted by Crippen LogP contribution is 2.38. The number of carbonyl (C=O) groups is 1. The van der Waals surface area contributed by atoms with Crippen molar-refractivity contribution >= 4 is 33.2 Å². The first-order valence-corrected chi connectivity index (χ1v) is 6.38. The Balaban J connectivity index is 2.03. The molecule has 0 saturated carbocycles. The second-order valence-electron chi connectivity index (χ2n) is 4.41. The molecule has 0 aliphatic carbocycles. The van der Waals surface area contributed by atoms with Crippen molar-refractivity contribution in [2.45, 2.75) is 18.6 Å². The number of anilines is 2. The van der Waals surface area contributed by atoms with Gasteiger partial charge in [-0.1, -0.05) is 15.9 Å². The molecule has 1 amide bonds. The van der Waals surface area contributed by atoms with Crippen LogP contribution in [0.2, 0.25) is 0 Å². The van der Waals surface area contributed by atoms with E-state index in [9.17, 15) is 4.79 Å². The van der Waals surface area contributed by atoms with Crippen LogP contribution in [0.15, 0.2) is 22.7 Å². The minimum Gasteiger partial charge on any atom is -0.380 e. The first kappa shape index (κ1) is 11.0. The summed E-state index contributed by atoms with van der Waals surface area (Å²) in [6, 6.07) is 5.80. The molecule has 90 valence electrons. The number of benzene rings is 1. The van der Waals surface area contributed by atoms with Gasteiger partial charge in [-0.15, -0.1) is 0 Å². The molecule has 17 heavy (non-hydrogen) atoms. The molecular formula is C12H13BrN2O2. The van der Waals surface area contributed by atoms with E-state index in [1.165, 1.54) is 0 Å². The Morgan fingerprint density at radius 2 is 2.35 bits per heavy atom. The number of amides is 1. The Bertz CT molecular complexity index is 478. The number of halogens is 1. The maximum atomic E-state index is 12.0. The molecule has 1 fully saturated rings. The molecule has 1 aromatic rings. The van der Waals surface area contributed by atoms with Gasteiger partial charge in [-0.25, -0.2) is 0 Å².